The quantitative estimate of drug-likeness (QED) is 0.585. The molecule has 5 heteroatoms. The molecule has 1 heterocycles. The standard InChI is InChI=1S/C24H22ClFN2O/c1-2-15-10-12-16(13-11-15)20-14-21(17-6-3-4-9-22(17)29)28-24(27-20)23-18(25)7-5-8-19(23)26/h3-14,21,24,27-29H,2H2,1H3/p+1. The Morgan fingerprint density at radius 2 is 1.79 bits per heavy atom. The van der Waals surface area contributed by atoms with Crippen LogP contribution in [-0.4, -0.2) is 5.11 Å². The molecule has 0 bridgehead atoms. The highest BCUT2D eigenvalue weighted by atomic mass is 35.5. The van der Waals surface area contributed by atoms with Crippen LogP contribution in [0.25, 0.3) is 5.70 Å². The van der Waals surface area contributed by atoms with E-state index in [1.54, 1.807) is 24.3 Å². The second-order valence-electron chi connectivity index (χ2n) is 7.17. The summed E-state index contributed by atoms with van der Waals surface area (Å²) in [5.41, 5.74) is 4.32. The Kier molecular flexibility index (Phi) is 5.56. The van der Waals surface area contributed by atoms with E-state index in [2.05, 4.69) is 42.6 Å². The first kappa shape index (κ1) is 19.5. The van der Waals surface area contributed by atoms with Crippen molar-refractivity contribution in [3.05, 3.63) is 106 Å². The van der Waals surface area contributed by atoms with Crippen molar-refractivity contribution in [1.82, 2.24) is 5.32 Å². The third kappa shape index (κ3) is 4.00. The van der Waals surface area contributed by atoms with Crippen LogP contribution in [0.1, 0.15) is 41.4 Å². The first-order valence-electron chi connectivity index (χ1n) is 9.71. The van der Waals surface area contributed by atoms with Gasteiger partial charge in [-0.3, -0.25) is 0 Å². The van der Waals surface area contributed by atoms with Gasteiger partial charge in [0, 0.05) is 11.8 Å². The fourth-order valence-electron chi connectivity index (χ4n) is 3.74. The first-order valence-corrected chi connectivity index (χ1v) is 10.1. The molecule has 0 amide bonds. The lowest BCUT2D eigenvalue weighted by Crippen LogP contribution is -2.90. The molecular weight excluding hydrogens is 387 g/mol. The maximum Gasteiger partial charge on any atom is 0.190 e. The van der Waals surface area contributed by atoms with E-state index in [9.17, 15) is 9.50 Å². The van der Waals surface area contributed by atoms with Crippen LogP contribution in [0, 0.1) is 5.82 Å². The molecule has 0 spiro atoms. The zero-order chi connectivity index (χ0) is 20.4. The summed E-state index contributed by atoms with van der Waals surface area (Å²) in [6.07, 6.45) is 2.59. The van der Waals surface area contributed by atoms with Crippen molar-refractivity contribution in [3.8, 4) is 5.75 Å². The number of benzene rings is 3. The van der Waals surface area contributed by atoms with E-state index in [0.717, 1.165) is 23.2 Å². The van der Waals surface area contributed by atoms with Gasteiger partial charge in [0.2, 0.25) is 0 Å². The summed E-state index contributed by atoms with van der Waals surface area (Å²) in [4.78, 5) is 0. The Labute approximate surface area is 174 Å². The fraction of sp³-hybridized carbons (Fsp3) is 0.167. The zero-order valence-corrected chi connectivity index (χ0v) is 16.8. The van der Waals surface area contributed by atoms with Crippen LogP contribution in [0.15, 0.2) is 72.8 Å². The number of para-hydroxylation sites is 1. The predicted molar refractivity (Wildman–Crippen MR) is 114 cm³/mol. The Balaban J connectivity index is 1.79. The molecule has 0 aromatic heterocycles. The highest BCUT2D eigenvalue weighted by Crippen LogP contribution is 2.31. The molecule has 0 radical (unpaired) electrons. The Bertz CT molecular complexity index is 1030. The lowest BCUT2D eigenvalue weighted by Gasteiger charge is -2.30. The van der Waals surface area contributed by atoms with E-state index in [1.807, 2.05) is 17.4 Å². The number of phenolic OH excluding ortho intramolecular Hbond substituents is 1. The van der Waals surface area contributed by atoms with Crippen LogP contribution in [0.4, 0.5) is 4.39 Å². The fourth-order valence-corrected chi connectivity index (χ4v) is 4.03. The van der Waals surface area contributed by atoms with Gasteiger partial charge >= 0.3 is 0 Å². The number of rotatable bonds is 4. The van der Waals surface area contributed by atoms with Gasteiger partial charge < -0.3 is 15.7 Å². The summed E-state index contributed by atoms with van der Waals surface area (Å²) in [5, 5.41) is 16.2. The molecule has 0 saturated heterocycles. The number of quaternary nitrogens is 1. The second kappa shape index (κ2) is 8.27. The molecule has 148 valence electrons. The monoisotopic (exact) mass is 409 g/mol. The summed E-state index contributed by atoms with van der Waals surface area (Å²) in [6, 6.07) is 20.1. The maximum atomic E-state index is 14.7. The van der Waals surface area contributed by atoms with Crippen molar-refractivity contribution in [1.29, 1.82) is 0 Å². The van der Waals surface area contributed by atoms with Crippen LogP contribution >= 0.6 is 11.6 Å². The van der Waals surface area contributed by atoms with Gasteiger partial charge in [0.1, 0.15) is 17.6 Å². The number of nitrogens with one attached hydrogen (secondary N) is 1. The molecule has 4 rings (SSSR count). The minimum Gasteiger partial charge on any atom is -0.507 e. The van der Waals surface area contributed by atoms with Crippen LogP contribution in [-0.2, 0) is 6.42 Å². The van der Waals surface area contributed by atoms with Gasteiger partial charge in [0.25, 0.3) is 0 Å². The van der Waals surface area contributed by atoms with Gasteiger partial charge in [-0.15, -0.1) is 0 Å². The molecule has 2 unspecified atom stereocenters. The van der Waals surface area contributed by atoms with Gasteiger partial charge in [0.15, 0.2) is 6.17 Å². The average molecular weight is 410 g/mol. The van der Waals surface area contributed by atoms with Crippen molar-refractivity contribution in [2.75, 3.05) is 0 Å². The lowest BCUT2D eigenvalue weighted by atomic mass is 9.97. The van der Waals surface area contributed by atoms with Crippen molar-refractivity contribution < 1.29 is 14.8 Å². The normalized spacial score (nSPS) is 18.8. The number of phenols is 1. The minimum absolute atomic E-state index is 0.195. The topological polar surface area (TPSA) is 48.9 Å². The lowest BCUT2D eigenvalue weighted by molar-refractivity contribution is -0.731. The number of nitrogens with two attached hydrogens (primary N) is 1. The third-order valence-corrected chi connectivity index (χ3v) is 5.67. The van der Waals surface area contributed by atoms with Crippen molar-refractivity contribution in [2.45, 2.75) is 25.6 Å². The van der Waals surface area contributed by atoms with Gasteiger partial charge in [-0.1, -0.05) is 61.0 Å². The SMILES string of the molecule is CCc1ccc(C2=CC(c3ccccc3O)[NH2+]C(c3c(F)cccc3Cl)N2)cc1. The summed E-state index contributed by atoms with van der Waals surface area (Å²) in [6.45, 7) is 2.12. The number of hydrogen-bond donors (Lipinski definition) is 3. The zero-order valence-electron chi connectivity index (χ0n) is 16.1. The van der Waals surface area contributed by atoms with Gasteiger partial charge in [-0.05, 0) is 41.8 Å². The van der Waals surface area contributed by atoms with Crippen LogP contribution < -0.4 is 10.6 Å². The minimum atomic E-state index is -0.431. The first-order chi connectivity index (χ1) is 14.1. The second-order valence-corrected chi connectivity index (χ2v) is 7.57. The number of hydrogen-bond acceptors (Lipinski definition) is 2. The molecular formula is C24H23ClFN2O+. The van der Waals surface area contributed by atoms with Crippen molar-refractivity contribution in [3.63, 3.8) is 0 Å². The van der Waals surface area contributed by atoms with Crippen LogP contribution in [0.3, 0.4) is 0 Å². The highest BCUT2D eigenvalue weighted by Gasteiger charge is 2.32. The molecule has 3 aromatic carbocycles. The number of aryl methyl sites for hydroxylation is 1. The van der Waals surface area contributed by atoms with E-state index < -0.39 is 6.17 Å². The molecule has 3 nitrogen and oxygen atoms in total. The van der Waals surface area contributed by atoms with E-state index >= 15 is 0 Å². The molecule has 1 aliphatic rings. The molecule has 29 heavy (non-hydrogen) atoms. The number of aromatic hydroxyl groups is 1. The molecule has 0 aliphatic carbocycles. The highest BCUT2D eigenvalue weighted by molar-refractivity contribution is 6.31. The van der Waals surface area contributed by atoms with E-state index in [4.69, 9.17) is 11.6 Å². The van der Waals surface area contributed by atoms with Gasteiger partial charge in [0.05, 0.1) is 16.1 Å². The predicted octanol–water partition coefficient (Wildman–Crippen LogP) is 4.69. The smallest absolute Gasteiger partial charge is 0.190 e. The summed E-state index contributed by atoms with van der Waals surface area (Å²) < 4.78 is 14.7. The molecule has 0 saturated carbocycles. The summed E-state index contributed by atoms with van der Waals surface area (Å²) >= 11 is 6.35. The van der Waals surface area contributed by atoms with Gasteiger partial charge in [-0.2, -0.15) is 0 Å². The number of halogens is 2. The van der Waals surface area contributed by atoms with Crippen LogP contribution in [0.2, 0.25) is 5.02 Å². The molecule has 1 aliphatic heterocycles. The average Bonchev–Trinajstić information content (AvgIpc) is 2.74. The van der Waals surface area contributed by atoms with E-state index in [-0.39, 0.29) is 17.6 Å². The Hall–Kier alpha value is -2.82. The van der Waals surface area contributed by atoms with Gasteiger partial charge in [-0.25, -0.2) is 4.39 Å². The Morgan fingerprint density at radius 1 is 1.03 bits per heavy atom. The molecule has 0 fully saturated rings. The summed E-state index contributed by atoms with van der Waals surface area (Å²) in [5.74, 6) is -0.143. The van der Waals surface area contributed by atoms with Crippen molar-refractivity contribution in [2.24, 2.45) is 0 Å². The van der Waals surface area contributed by atoms with E-state index in [0.29, 0.717) is 10.6 Å². The largest absolute Gasteiger partial charge is 0.507 e. The summed E-state index contributed by atoms with van der Waals surface area (Å²) in [7, 11) is 0. The molecule has 2 atom stereocenters. The van der Waals surface area contributed by atoms with E-state index in [1.165, 1.54) is 11.6 Å². The maximum absolute atomic E-state index is 14.7. The third-order valence-electron chi connectivity index (χ3n) is 5.34. The van der Waals surface area contributed by atoms with Crippen LogP contribution in [0.5, 0.6) is 5.75 Å². The molecule has 4 N–H and O–H groups in total. The molecule has 3 aromatic rings. The Morgan fingerprint density at radius 3 is 2.48 bits per heavy atom. The van der Waals surface area contributed by atoms with Crippen molar-refractivity contribution >= 4 is 17.3 Å².